The van der Waals surface area contributed by atoms with Crippen molar-refractivity contribution < 1.29 is 39.8 Å². The minimum absolute atomic E-state index is 0.0620. The summed E-state index contributed by atoms with van der Waals surface area (Å²) in [5.74, 6) is -2.31. The summed E-state index contributed by atoms with van der Waals surface area (Å²) in [6, 6.07) is 6.37. The Balaban J connectivity index is 1.40. The largest absolute Gasteiger partial charge is 0.435 e. The molecule has 2 aliphatic heterocycles. The van der Waals surface area contributed by atoms with Gasteiger partial charge in [-0.25, -0.2) is 26.6 Å². The fraction of sp³-hybridized carbons (Fsp3) is 0.364. The number of halogens is 5. The zero-order valence-corrected chi connectivity index (χ0v) is 19.3. The van der Waals surface area contributed by atoms with Gasteiger partial charge in [0.25, 0.3) is 0 Å². The molecule has 1 spiro atoms. The van der Waals surface area contributed by atoms with Crippen molar-refractivity contribution in [2.75, 3.05) is 31.1 Å². The van der Waals surface area contributed by atoms with Crippen LogP contribution in [0, 0.1) is 11.6 Å². The molecule has 36 heavy (non-hydrogen) atoms. The molecule has 3 aromatic rings. The van der Waals surface area contributed by atoms with E-state index in [1.807, 2.05) is 0 Å². The normalized spacial score (nSPS) is 23.2. The fourth-order valence-electron chi connectivity index (χ4n) is 4.51. The lowest BCUT2D eigenvalue weighted by Crippen LogP contribution is -2.62. The molecular formula is C22H19F5N4O4S. The standard InChI is InChI=1S/C22H19F5N4O4S/c23-15-9-17-18(10-16(15)24)29-20(11-28-17)30-5-4-22(19(25)12-30)31(6-7-34-22)36(32,33)14-3-1-2-13(8-14)35-21(26)27/h1-3,8-11,19,21H,4-7,12H2/t19-,22-/m0/s1. The first-order valence-corrected chi connectivity index (χ1v) is 12.3. The monoisotopic (exact) mass is 530 g/mol. The highest BCUT2D eigenvalue weighted by Gasteiger charge is 2.57. The number of piperidine rings is 1. The van der Waals surface area contributed by atoms with Crippen LogP contribution in [-0.2, 0) is 14.8 Å². The molecule has 2 fully saturated rings. The molecule has 0 N–H and O–H groups in total. The highest BCUT2D eigenvalue weighted by molar-refractivity contribution is 7.89. The first-order valence-electron chi connectivity index (χ1n) is 10.8. The van der Waals surface area contributed by atoms with Gasteiger partial charge in [-0.15, -0.1) is 0 Å². The van der Waals surface area contributed by atoms with E-state index < -0.39 is 40.2 Å². The number of sulfonamides is 1. The molecule has 2 aliphatic rings. The number of hydrogen-bond donors (Lipinski definition) is 0. The van der Waals surface area contributed by atoms with Gasteiger partial charge in [0.1, 0.15) is 11.6 Å². The van der Waals surface area contributed by atoms with Crippen LogP contribution < -0.4 is 9.64 Å². The molecule has 0 unspecified atom stereocenters. The zero-order chi connectivity index (χ0) is 25.7. The van der Waals surface area contributed by atoms with Crippen LogP contribution in [0.3, 0.4) is 0 Å². The smallest absolute Gasteiger partial charge is 0.387 e. The van der Waals surface area contributed by atoms with E-state index in [1.54, 1.807) is 0 Å². The second-order valence-electron chi connectivity index (χ2n) is 8.27. The molecule has 0 radical (unpaired) electrons. The third-order valence-electron chi connectivity index (χ3n) is 6.19. The molecule has 2 aromatic carbocycles. The second kappa shape index (κ2) is 9.09. The number of hydrogen-bond acceptors (Lipinski definition) is 7. The quantitative estimate of drug-likeness (QED) is 0.467. The molecular weight excluding hydrogens is 511 g/mol. The predicted octanol–water partition coefficient (Wildman–Crippen LogP) is 3.48. The van der Waals surface area contributed by atoms with Gasteiger partial charge in [0.15, 0.2) is 23.5 Å². The number of anilines is 1. The molecule has 0 saturated carbocycles. The maximum atomic E-state index is 15.7. The number of ether oxygens (including phenoxy) is 2. The maximum Gasteiger partial charge on any atom is 0.387 e. The molecule has 8 nitrogen and oxygen atoms in total. The molecule has 2 atom stereocenters. The van der Waals surface area contributed by atoms with Crippen LogP contribution in [0.15, 0.2) is 47.5 Å². The topological polar surface area (TPSA) is 84.9 Å². The lowest BCUT2D eigenvalue weighted by Gasteiger charge is -2.45. The van der Waals surface area contributed by atoms with Crippen molar-refractivity contribution in [2.24, 2.45) is 0 Å². The Morgan fingerprint density at radius 1 is 1.11 bits per heavy atom. The molecule has 14 heteroatoms. The lowest BCUT2D eigenvalue weighted by atomic mass is 9.98. The van der Waals surface area contributed by atoms with Crippen molar-refractivity contribution in [2.45, 2.75) is 29.8 Å². The van der Waals surface area contributed by atoms with Gasteiger partial charge in [0, 0.05) is 37.7 Å². The highest BCUT2D eigenvalue weighted by Crippen LogP contribution is 2.41. The van der Waals surface area contributed by atoms with E-state index in [0.717, 1.165) is 22.5 Å². The van der Waals surface area contributed by atoms with Crippen LogP contribution in [0.5, 0.6) is 5.75 Å². The molecule has 0 bridgehead atoms. The average Bonchev–Trinajstić information content (AvgIpc) is 3.27. The van der Waals surface area contributed by atoms with Gasteiger partial charge in [0.05, 0.1) is 35.3 Å². The van der Waals surface area contributed by atoms with Gasteiger partial charge in [-0.1, -0.05) is 6.07 Å². The Labute approximate surface area is 202 Å². The van der Waals surface area contributed by atoms with Gasteiger partial charge in [-0.05, 0) is 12.1 Å². The zero-order valence-electron chi connectivity index (χ0n) is 18.5. The SMILES string of the molecule is O=S(=O)(c1cccc(OC(F)F)c1)N1CCO[C@]12CCN(c1cnc3cc(F)c(F)cc3n1)C[C@@H]2F. The summed E-state index contributed by atoms with van der Waals surface area (Å²) >= 11 is 0. The van der Waals surface area contributed by atoms with Crippen molar-refractivity contribution in [3.63, 3.8) is 0 Å². The highest BCUT2D eigenvalue weighted by atomic mass is 32.2. The second-order valence-corrected chi connectivity index (χ2v) is 10.1. The van der Waals surface area contributed by atoms with Crippen molar-refractivity contribution >= 4 is 26.9 Å². The summed E-state index contributed by atoms with van der Waals surface area (Å²) in [4.78, 5) is 9.47. The third-order valence-corrected chi connectivity index (χ3v) is 8.11. The van der Waals surface area contributed by atoms with E-state index in [-0.39, 0.29) is 60.2 Å². The summed E-state index contributed by atoms with van der Waals surface area (Å²) in [6.07, 6.45) is -0.618. The Kier molecular flexibility index (Phi) is 6.21. The Hall–Kier alpha value is -3.10. The molecule has 0 amide bonds. The van der Waals surface area contributed by atoms with E-state index in [1.165, 1.54) is 29.3 Å². The molecule has 2 saturated heterocycles. The Bertz CT molecular complexity index is 1410. The van der Waals surface area contributed by atoms with Gasteiger partial charge >= 0.3 is 6.61 Å². The number of rotatable bonds is 5. The lowest BCUT2D eigenvalue weighted by molar-refractivity contribution is -0.116. The van der Waals surface area contributed by atoms with Crippen molar-refractivity contribution in [1.29, 1.82) is 0 Å². The van der Waals surface area contributed by atoms with Gasteiger partial charge < -0.3 is 14.4 Å². The van der Waals surface area contributed by atoms with Crippen molar-refractivity contribution in [3.05, 3.63) is 54.2 Å². The fourth-order valence-corrected chi connectivity index (χ4v) is 6.26. The van der Waals surface area contributed by atoms with E-state index in [4.69, 9.17) is 4.74 Å². The molecule has 192 valence electrons. The van der Waals surface area contributed by atoms with Crippen LogP contribution >= 0.6 is 0 Å². The number of alkyl halides is 3. The van der Waals surface area contributed by atoms with E-state index >= 15 is 4.39 Å². The number of nitrogens with zero attached hydrogens (tertiary/aromatic N) is 4. The third kappa shape index (κ3) is 4.22. The minimum Gasteiger partial charge on any atom is -0.435 e. The van der Waals surface area contributed by atoms with Gasteiger partial charge in [-0.3, -0.25) is 4.98 Å². The van der Waals surface area contributed by atoms with E-state index in [9.17, 15) is 26.0 Å². The van der Waals surface area contributed by atoms with Gasteiger partial charge in [-0.2, -0.15) is 13.1 Å². The average molecular weight is 530 g/mol. The molecule has 1 aromatic heterocycles. The number of fused-ring (bicyclic) bond motifs is 1. The summed E-state index contributed by atoms with van der Waals surface area (Å²) in [5, 5.41) is 0. The predicted molar refractivity (Wildman–Crippen MR) is 117 cm³/mol. The summed E-state index contributed by atoms with van der Waals surface area (Å²) in [7, 11) is -4.34. The summed E-state index contributed by atoms with van der Waals surface area (Å²) < 4.78 is 106. The van der Waals surface area contributed by atoms with Crippen LogP contribution in [0.25, 0.3) is 11.0 Å². The van der Waals surface area contributed by atoms with Crippen LogP contribution in [0.2, 0.25) is 0 Å². The van der Waals surface area contributed by atoms with E-state index in [2.05, 4.69) is 14.7 Å². The van der Waals surface area contributed by atoms with Crippen LogP contribution in [0.4, 0.5) is 27.8 Å². The number of benzene rings is 2. The minimum atomic E-state index is -4.34. The first kappa shape index (κ1) is 24.6. The van der Waals surface area contributed by atoms with Crippen molar-refractivity contribution in [3.8, 4) is 5.75 Å². The van der Waals surface area contributed by atoms with Crippen LogP contribution in [-0.4, -0.2) is 67.4 Å². The molecule has 5 rings (SSSR count). The Morgan fingerprint density at radius 2 is 1.86 bits per heavy atom. The first-order chi connectivity index (χ1) is 17.1. The van der Waals surface area contributed by atoms with Crippen molar-refractivity contribution in [1.82, 2.24) is 14.3 Å². The summed E-state index contributed by atoms with van der Waals surface area (Å²) in [5.41, 5.74) is -1.61. The Morgan fingerprint density at radius 3 is 2.58 bits per heavy atom. The summed E-state index contributed by atoms with van der Waals surface area (Å²) in [6.45, 7) is -3.54. The van der Waals surface area contributed by atoms with Gasteiger partial charge in [0.2, 0.25) is 10.0 Å². The van der Waals surface area contributed by atoms with E-state index in [0.29, 0.717) is 0 Å². The van der Waals surface area contributed by atoms with Crippen LogP contribution in [0.1, 0.15) is 6.42 Å². The molecule has 0 aliphatic carbocycles. The maximum absolute atomic E-state index is 15.7. The number of aromatic nitrogens is 2. The molecule has 3 heterocycles.